The summed E-state index contributed by atoms with van der Waals surface area (Å²) < 4.78 is 61.5. The lowest BCUT2D eigenvalue weighted by atomic mass is 10.0. The van der Waals surface area contributed by atoms with Crippen molar-refractivity contribution in [3.05, 3.63) is 35.9 Å². The first-order valence-electron chi connectivity index (χ1n) is 4.26. The highest BCUT2D eigenvalue weighted by Crippen LogP contribution is 2.30. The number of hydrogen-bond acceptors (Lipinski definition) is 2. The van der Waals surface area contributed by atoms with Gasteiger partial charge in [-0.15, -0.1) is 0 Å². The molecule has 0 unspecified atom stereocenters. The molecule has 0 aliphatic carbocycles. The molecule has 0 bridgehead atoms. The quantitative estimate of drug-likeness (QED) is 0.470. The Hall–Kier alpha value is -1.79. The van der Waals surface area contributed by atoms with Crippen molar-refractivity contribution in [1.82, 2.24) is 0 Å². The first kappa shape index (κ1) is 13.3. The predicted molar refractivity (Wildman–Crippen MR) is 46.8 cm³/mol. The van der Waals surface area contributed by atoms with Gasteiger partial charge >= 0.3 is 17.9 Å². The lowest BCUT2D eigenvalue weighted by Gasteiger charge is -2.15. The van der Waals surface area contributed by atoms with Crippen molar-refractivity contribution >= 4 is 11.6 Å². The van der Waals surface area contributed by atoms with Gasteiger partial charge in [-0.05, 0) is 0 Å². The number of carbonyl (C=O) groups is 2. The number of rotatable bonds is 3. The lowest BCUT2D eigenvalue weighted by Crippen LogP contribution is -2.45. The Morgan fingerprint density at radius 2 is 1.35 bits per heavy atom. The predicted octanol–water partition coefficient (Wildman–Crippen LogP) is 2.64. The van der Waals surface area contributed by atoms with Gasteiger partial charge in [-0.3, -0.25) is 9.59 Å². The van der Waals surface area contributed by atoms with Crippen LogP contribution in [0.15, 0.2) is 30.3 Å². The molecular formula is C10H5F5O2. The van der Waals surface area contributed by atoms with Crippen molar-refractivity contribution in [3.8, 4) is 0 Å². The highest BCUT2D eigenvalue weighted by molar-refractivity contribution is 6.17. The van der Waals surface area contributed by atoms with Gasteiger partial charge in [0.05, 0.1) is 0 Å². The Balaban J connectivity index is 3.08. The summed E-state index contributed by atoms with van der Waals surface area (Å²) in [7, 11) is 0. The highest BCUT2D eigenvalue weighted by Gasteiger charge is 2.59. The van der Waals surface area contributed by atoms with E-state index in [2.05, 4.69) is 0 Å². The van der Waals surface area contributed by atoms with E-state index in [1.165, 1.54) is 18.2 Å². The Labute approximate surface area is 92.0 Å². The van der Waals surface area contributed by atoms with Gasteiger partial charge in [-0.2, -0.15) is 22.0 Å². The van der Waals surface area contributed by atoms with Gasteiger partial charge in [0.2, 0.25) is 5.78 Å². The smallest absolute Gasteiger partial charge is 0.287 e. The Bertz CT molecular complexity index is 436. The van der Waals surface area contributed by atoms with Crippen molar-refractivity contribution in [2.24, 2.45) is 0 Å². The standard InChI is InChI=1S/C10H5F5O2/c11-9(12,8(17)10(13,14)15)7(16)6-4-2-1-3-5-6/h1-5H. The SMILES string of the molecule is O=C(c1ccccc1)C(F)(F)C(=O)C(F)(F)F. The van der Waals surface area contributed by atoms with Gasteiger partial charge in [0.25, 0.3) is 0 Å². The summed E-state index contributed by atoms with van der Waals surface area (Å²) in [4.78, 5) is 21.5. The van der Waals surface area contributed by atoms with Gasteiger partial charge in [0.1, 0.15) is 0 Å². The van der Waals surface area contributed by atoms with Gasteiger partial charge in [0.15, 0.2) is 0 Å². The number of benzene rings is 1. The molecule has 1 aromatic carbocycles. The van der Waals surface area contributed by atoms with E-state index < -0.39 is 29.2 Å². The van der Waals surface area contributed by atoms with Crippen LogP contribution in [0.1, 0.15) is 10.4 Å². The van der Waals surface area contributed by atoms with Crippen LogP contribution in [0.4, 0.5) is 22.0 Å². The second-order valence-electron chi connectivity index (χ2n) is 3.10. The Kier molecular flexibility index (Phi) is 3.30. The molecule has 0 atom stereocenters. The number of hydrogen-bond donors (Lipinski definition) is 0. The summed E-state index contributed by atoms with van der Waals surface area (Å²) in [6.45, 7) is 0. The average Bonchev–Trinajstić information content (AvgIpc) is 2.27. The first-order valence-corrected chi connectivity index (χ1v) is 4.26. The molecule has 0 radical (unpaired) electrons. The Morgan fingerprint density at radius 3 is 1.76 bits per heavy atom. The molecule has 2 nitrogen and oxygen atoms in total. The van der Waals surface area contributed by atoms with E-state index in [1.54, 1.807) is 0 Å². The third-order valence-electron chi connectivity index (χ3n) is 1.86. The summed E-state index contributed by atoms with van der Waals surface area (Å²) >= 11 is 0. The molecule has 1 aromatic rings. The van der Waals surface area contributed by atoms with Gasteiger partial charge in [-0.25, -0.2) is 0 Å². The fourth-order valence-electron chi connectivity index (χ4n) is 1.05. The minimum atomic E-state index is -5.76. The van der Waals surface area contributed by atoms with Crippen molar-refractivity contribution in [3.63, 3.8) is 0 Å². The van der Waals surface area contributed by atoms with Crippen molar-refractivity contribution < 1.29 is 31.5 Å². The minimum absolute atomic E-state index is 0.657. The first-order chi connectivity index (χ1) is 7.67. The fraction of sp³-hybridized carbons (Fsp3) is 0.200. The molecule has 0 aromatic heterocycles. The normalized spacial score (nSPS) is 12.3. The van der Waals surface area contributed by atoms with Crippen LogP contribution in [-0.2, 0) is 4.79 Å². The summed E-state index contributed by atoms with van der Waals surface area (Å²) in [5.41, 5.74) is -0.657. The topological polar surface area (TPSA) is 34.1 Å². The van der Waals surface area contributed by atoms with Crippen LogP contribution < -0.4 is 0 Å². The van der Waals surface area contributed by atoms with Crippen molar-refractivity contribution in [1.29, 1.82) is 0 Å². The van der Waals surface area contributed by atoms with E-state index in [0.717, 1.165) is 12.1 Å². The number of alkyl halides is 5. The van der Waals surface area contributed by atoms with Crippen molar-refractivity contribution in [2.75, 3.05) is 0 Å². The number of halogens is 5. The van der Waals surface area contributed by atoms with Crippen LogP contribution in [0.3, 0.4) is 0 Å². The summed E-state index contributed by atoms with van der Waals surface area (Å²) in [5, 5.41) is 0. The van der Waals surface area contributed by atoms with E-state index >= 15 is 0 Å². The number of ketones is 2. The molecule has 7 heteroatoms. The van der Waals surface area contributed by atoms with E-state index in [9.17, 15) is 31.5 Å². The van der Waals surface area contributed by atoms with Crippen LogP contribution in [-0.4, -0.2) is 23.7 Å². The van der Waals surface area contributed by atoms with E-state index in [1.807, 2.05) is 0 Å². The van der Waals surface area contributed by atoms with Gasteiger partial charge in [0, 0.05) is 5.56 Å². The average molecular weight is 252 g/mol. The summed E-state index contributed by atoms with van der Waals surface area (Å²) in [6.07, 6.45) is -5.76. The lowest BCUT2D eigenvalue weighted by molar-refractivity contribution is -0.189. The van der Waals surface area contributed by atoms with Crippen LogP contribution in [0.2, 0.25) is 0 Å². The monoisotopic (exact) mass is 252 g/mol. The molecule has 0 spiro atoms. The zero-order chi connectivity index (χ0) is 13.3. The molecule has 17 heavy (non-hydrogen) atoms. The van der Waals surface area contributed by atoms with Gasteiger partial charge < -0.3 is 0 Å². The molecule has 1 rings (SSSR count). The number of carbonyl (C=O) groups excluding carboxylic acids is 2. The van der Waals surface area contributed by atoms with Gasteiger partial charge in [-0.1, -0.05) is 30.3 Å². The molecule has 0 aliphatic heterocycles. The van der Waals surface area contributed by atoms with Crippen molar-refractivity contribution in [2.45, 2.75) is 12.1 Å². The molecule has 0 N–H and O–H groups in total. The Morgan fingerprint density at radius 1 is 0.882 bits per heavy atom. The second kappa shape index (κ2) is 4.23. The summed E-state index contributed by atoms with van der Waals surface area (Å²) in [5.74, 6) is -10.6. The second-order valence-corrected chi connectivity index (χ2v) is 3.10. The third kappa shape index (κ3) is 2.66. The third-order valence-corrected chi connectivity index (χ3v) is 1.86. The van der Waals surface area contributed by atoms with E-state index in [4.69, 9.17) is 0 Å². The molecule has 0 aliphatic rings. The maximum absolute atomic E-state index is 13.0. The maximum atomic E-state index is 13.0. The molecule has 0 saturated carbocycles. The zero-order valence-corrected chi connectivity index (χ0v) is 8.09. The summed E-state index contributed by atoms with van der Waals surface area (Å²) in [6, 6.07) is 5.59. The molecular weight excluding hydrogens is 247 g/mol. The van der Waals surface area contributed by atoms with Crippen LogP contribution in [0, 0.1) is 0 Å². The molecule has 0 fully saturated rings. The van der Waals surface area contributed by atoms with Crippen LogP contribution in [0.5, 0.6) is 0 Å². The van der Waals surface area contributed by atoms with E-state index in [0.29, 0.717) is 0 Å². The molecule has 0 heterocycles. The highest BCUT2D eigenvalue weighted by atomic mass is 19.4. The molecule has 0 amide bonds. The zero-order valence-electron chi connectivity index (χ0n) is 8.09. The minimum Gasteiger partial charge on any atom is -0.287 e. The van der Waals surface area contributed by atoms with Crippen LogP contribution >= 0.6 is 0 Å². The molecule has 0 saturated heterocycles. The number of Topliss-reactive ketones (excluding diaryl/α,β-unsaturated/α-hetero) is 2. The maximum Gasteiger partial charge on any atom is 0.456 e. The largest absolute Gasteiger partial charge is 0.456 e. The van der Waals surface area contributed by atoms with E-state index in [-0.39, 0.29) is 0 Å². The van der Waals surface area contributed by atoms with Crippen LogP contribution in [0.25, 0.3) is 0 Å². The fourth-order valence-corrected chi connectivity index (χ4v) is 1.05. The molecule has 92 valence electrons.